The van der Waals surface area contributed by atoms with Crippen molar-refractivity contribution in [1.29, 1.82) is 0 Å². The van der Waals surface area contributed by atoms with Crippen LogP contribution in [0, 0.1) is 0 Å². The van der Waals surface area contributed by atoms with Gasteiger partial charge in [0, 0.05) is 25.3 Å². The number of hydrogen-bond donors (Lipinski definition) is 1. The number of hydrogen-bond acceptors (Lipinski definition) is 3. The van der Waals surface area contributed by atoms with E-state index in [-0.39, 0.29) is 11.2 Å². The van der Waals surface area contributed by atoms with Gasteiger partial charge in [-0.25, -0.2) is 13.1 Å². The highest BCUT2D eigenvalue weighted by atomic mass is 32.2. The first-order valence-electron chi connectivity index (χ1n) is 8.23. The molecule has 0 radical (unpaired) electrons. The monoisotopic (exact) mass is 324 g/mol. The molecule has 4 nitrogen and oxygen atoms in total. The van der Waals surface area contributed by atoms with Crippen molar-refractivity contribution in [1.82, 2.24) is 4.72 Å². The summed E-state index contributed by atoms with van der Waals surface area (Å²) >= 11 is 0. The Bertz CT molecular complexity index is 561. The predicted molar refractivity (Wildman–Crippen MR) is 93.0 cm³/mol. The fourth-order valence-corrected chi connectivity index (χ4v) is 3.51. The molecule has 0 amide bonds. The predicted octanol–water partition coefficient (Wildman–Crippen LogP) is 3.11. The summed E-state index contributed by atoms with van der Waals surface area (Å²) in [5.41, 5.74) is 2.45. The molecule has 1 aromatic rings. The minimum atomic E-state index is -3.18. The van der Waals surface area contributed by atoms with E-state index in [1.807, 2.05) is 0 Å². The van der Waals surface area contributed by atoms with Gasteiger partial charge in [-0.2, -0.15) is 0 Å². The van der Waals surface area contributed by atoms with Crippen LogP contribution in [-0.4, -0.2) is 33.3 Å². The minimum absolute atomic E-state index is 0.170. The number of nitrogens with one attached hydrogen (secondary N) is 1. The smallest absolute Gasteiger partial charge is 0.213 e. The van der Waals surface area contributed by atoms with E-state index in [0.717, 1.165) is 13.1 Å². The van der Waals surface area contributed by atoms with Crippen molar-refractivity contribution in [3.05, 3.63) is 29.8 Å². The van der Waals surface area contributed by atoms with E-state index in [4.69, 9.17) is 0 Å². The molecule has 1 aliphatic heterocycles. The van der Waals surface area contributed by atoms with Gasteiger partial charge in [-0.15, -0.1) is 0 Å². The third kappa shape index (κ3) is 4.46. The zero-order valence-electron chi connectivity index (χ0n) is 13.9. The summed E-state index contributed by atoms with van der Waals surface area (Å²) in [7, 11) is -3.18. The van der Waals surface area contributed by atoms with Crippen LogP contribution in [0.25, 0.3) is 0 Å². The van der Waals surface area contributed by atoms with Gasteiger partial charge in [0.1, 0.15) is 0 Å². The van der Waals surface area contributed by atoms with Crippen molar-refractivity contribution in [3.63, 3.8) is 0 Å². The van der Waals surface area contributed by atoms with Gasteiger partial charge in [0.2, 0.25) is 10.0 Å². The van der Waals surface area contributed by atoms with Crippen molar-refractivity contribution in [3.8, 4) is 0 Å². The van der Waals surface area contributed by atoms with Crippen LogP contribution in [-0.2, 0) is 10.0 Å². The van der Waals surface area contributed by atoms with Gasteiger partial charge >= 0.3 is 0 Å². The standard InChI is InChI=1S/C17H28N2O2S/c1-14(2)22(20,21)18-13-15(3)16-7-9-17(10-8-16)19-11-5-4-6-12-19/h7-10,14-15,18H,4-6,11-13H2,1-3H3. The molecule has 22 heavy (non-hydrogen) atoms. The molecule has 5 heteroatoms. The van der Waals surface area contributed by atoms with Gasteiger partial charge in [-0.05, 0) is 56.7 Å². The Morgan fingerprint density at radius 3 is 2.18 bits per heavy atom. The molecule has 0 spiro atoms. The zero-order valence-corrected chi connectivity index (χ0v) is 14.7. The number of piperidine rings is 1. The van der Waals surface area contributed by atoms with Gasteiger partial charge in [0.15, 0.2) is 0 Å². The molecular weight excluding hydrogens is 296 g/mol. The average molecular weight is 324 g/mol. The molecule has 0 bridgehead atoms. The lowest BCUT2D eigenvalue weighted by molar-refractivity contribution is 0.566. The highest BCUT2D eigenvalue weighted by Gasteiger charge is 2.17. The van der Waals surface area contributed by atoms with Crippen LogP contribution in [0.15, 0.2) is 24.3 Å². The van der Waals surface area contributed by atoms with Gasteiger partial charge in [0.25, 0.3) is 0 Å². The van der Waals surface area contributed by atoms with Crippen molar-refractivity contribution in [2.45, 2.75) is 51.2 Å². The Morgan fingerprint density at radius 1 is 1.05 bits per heavy atom. The van der Waals surface area contributed by atoms with Crippen LogP contribution in [0.1, 0.15) is 51.5 Å². The number of anilines is 1. The Hall–Kier alpha value is -1.07. The van der Waals surface area contributed by atoms with Crippen LogP contribution in [0.5, 0.6) is 0 Å². The van der Waals surface area contributed by atoms with Crippen molar-refractivity contribution < 1.29 is 8.42 Å². The van der Waals surface area contributed by atoms with Gasteiger partial charge in [-0.1, -0.05) is 19.1 Å². The Kier molecular flexibility index (Phi) is 5.87. The quantitative estimate of drug-likeness (QED) is 0.875. The topological polar surface area (TPSA) is 49.4 Å². The first-order chi connectivity index (χ1) is 10.4. The second-order valence-corrected chi connectivity index (χ2v) is 8.80. The van der Waals surface area contributed by atoms with Crippen molar-refractivity contribution >= 4 is 15.7 Å². The molecule has 1 heterocycles. The fourth-order valence-electron chi connectivity index (χ4n) is 2.69. The van der Waals surface area contributed by atoms with Crippen LogP contribution < -0.4 is 9.62 Å². The Balaban J connectivity index is 1.94. The summed E-state index contributed by atoms with van der Waals surface area (Å²) in [5.74, 6) is 0.170. The zero-order chi connectivity index (χ0) is 16.2. The van der Waals surface area contributed by atoms with E-state index < -0.39 is 10.0 Å². The first-order valence-corrected chi connectivity index (χ1v) is 9.78. The fraction of sp³-hybridized carbons (Fsp3) is 0.647. The lowest BCUT2D eigenvalue weighted by Crippen LogP contribution is -2.33. The summed E-state index contributed by atoms with van der Waals surface area (Å²) in [4.78, 5) is 2.43. The lowest BCUT2D eigenvalue weighted by Gasteiger charge is -2.29. The number of sulfonamides is 1. The van der Waals surface area contributed by atoms with E-state index in [1.54, 1.807) is 13.8 Å². The van der Waals surface area contributed by atoms with Crippen molar-refractivity contribution in [2.24, 2.45) is 0 Å². The minimum Gasteiger partial charge on any atom is -0.372 e. The molecule has 1 atom stereocenters. The molecule has 1 fully saturated rings. The largest absolute Gasteiger partial charge is 0.372 e. The maximum absolute atomic E-state index is 11.8. The van der Waals surface area contributed by atoms with E-state index >= 15 is 0 Å². The van der Waals surface area contributed by atoms with Gasteiger partial charge < -0.3 is 4.90 Å². The average Bonchev–Trinajstić information content (AvgIpc) is 2.53. The second kappa shape index (κ2) is 7.47. The third-order valence-electron chi connectivity index (χ3n) is 4.39. The van der Waals surface area contributed by atoms with E-state index in [9.17, 15) is 8.42 Å². The molecule has 1 aliphatic rings. The molecule has 1 N–H and O–H groups in total. The van der Waals surface area contributed by atoms with Crippen LogP contribution in [0.2, 0.25) is 0 Å². The summed E-state index contributed by atoms with van der Waals surface area (Å²) in [6.07, 6.45) is 3.88. The number of rotatable bonds is 6. The Morgan fingerprint density at radius 2 is 1.64 bits per heavy atom. The molecule has 2 rings (SSSR count). The molecule has 1 saturated heterocycles. The SMILES string of the molecule is CC(CNS(=O)(=O)C(C)C)c1ccc(N2CCCCC2)cc1. The molecule has 0 aromatic heterocycles. The van der Waals surface area contributed by atoms with Gasteiger partial charge in [-0.3, -0.25) is 0 Å². The third-order valence-corrected chi connectivity index (χ3v) is 6.20. The molecule has 1 aromatic carbocycles. The molecule has 124 valence electrons. The number of benzene rings is 1. The Labute approximate surface area is 135 Å². The highest BCUT2D eigenvalue weighted by Crippen LogP contribution is 2.23. The van der Waals surface area contributed by atoms with Crippen LogP contribution in [0.4, 0.5) is 5.69 Å². The highest BCUT2D eigenvalue weighted by molar-refractivity contribution is 7.90. The molecule has 0 aliphatic carbocycles. The maximum atomic E-state index is 11.8. The maximum Gasteiger partial charge on any atom is 0.213 e. The summed E-state index contributed by atoms with van der Waals surface area (Å²) in [6.45, 7) is 8.18. The summed E-state index contributed by atoms with van der Waals surface area (Å²) < 4.78 is 26.3. The first kappa shape index (κ1) is 17.3. The normalized spacial score (nSPS) is 17.7. The number of nitrogens with zero attached hydrogens (tertiary/aromatic N) is 1. The summed E-state index contributed by atoms with van der Waals surface area (Å²) in [5, 5.41) is -0.388. The molecular formula is C17H28N2O2S. The molecule has 1 unspecified atom stereocenters. The van der Waals surface area contributed by atoms with E-state index in [2.05, 4.69) is 40.8 Å². The van der Waals surface area contributed by atoms with E-state index in [0.29, 0.717) is 6.54 Å². The van der Waals surface area contributed by atoms with E-state index in [1.165, 1.54) is 30.5 Å². The van der Waals surface area contributed by atoms with Crippen molar-refractivity contribution in [2.75, 3.05) is 24.5 Å². The molecule has 0 saturated carbocycles. The second-order valence-electron chi connectivity index (χ2n) is 6.48. The van der Waals surface area contributed by atoms with Gasteiger partial charge in [0.05, 0.1) is 5.25 Å². The summed E-state index contributed by atoms with van der Waals surface area (Å²) in [6, 6.07) is 8.57. The van der Waals surface area contributed by atoms with Crippen LogP contribution >= 0.6 is 0 Å². The van der Waals surface area contributed by atoms with Crippen LogP contribution in [0.3, 0.4) is 0 Å². The lowest BCUT2D eigenvalue weighted by atomic mass is 10.0.